The van der Waals surface area contributed by atoms with Gasteiger partial charge in [0.05, 0.1) is 10.5 Å². The van der Waals surface area contributed by atoms with Crippen LogP contribution in [-0.4, -0.2) is 49.5 Å². The minimum atomic E-state index is -0.509. The maximum absolute atomic E-state index is 12.1. The van der Waals surface area contributed by atoms with E-state index in [4.69, 9.17) is 0 Å². The Balaban J connectivity index is 2.93. The maximum atomic E-state index is 12.1. The van der Waals surface area contributed by atoms with Crippen LogP contribution in [0, 0.1) is 10.1 Å². The third-order valence-corrected chi connectivity index (χ3v) is 3.17. The van der Waals surface area contributed by atoms with Gasteiger partial charge in [0.25, 0.3) is 11.6 Å². The normalized spacial score (nSPS) is 12.1. The third kappa shape index (κ3) is 3.67. The summed E-state index contributed by atoms with van der Waals surface area (Å²) in [6.45, 7) is 2.45. The lowest BCUT2D eigenvalue weighted by molar-refractivity contribution is -0.384. The molecule has 1 aromatic carbocycles. The van der Waals surface area contributed by atoms with Gasteiger partial charge in [0.15, 0.2) is 0 Å². The number of para-hydroxylation sites is 1. The van der Waals surface area contributed by atoms with E-state index in [9.17, 15) is 14.9 Å². The van der Waals surface area contributed by atoms with Crippen molar-refractivity contribution < 1.29 is 9.72 Å². The lowest BCUT2D eigenvalue weighted by Crippen LogP contribution is -2.38. The van der Waals surface area contributed by atoms with E-state index in [1.54, 1.807) is 13.1 Å². The van der Waals surface area contributed by atoms with Crippen molar-refractivity contribution in [2.75, 3.05) is 33.0 Å². The third-order valence-electron chi connectivity index (χ3n) is 3.17. The van der Waals surface area contributed by atoms with Gasteiger partial charge < -0.3 is 15.5 Å². The van der Waals surface area contributed by atoms with Gasteiger partial charge >= 0.3 is 0 Å². The number of carbonyl (C=O) groups is 1. The Morgan fingerprint density at radius 3 is 2.60 bits per heavy atom. The molecule has 0 aliphatic carbocycles. The van der Waals surface area contributed by atoms with Crippen molar-refractivity contribution in [3.63, 3.8) is 0 Å². The Morgan fingerprint density at radius 1 is 1.45 bits per heavy atom. The van der Waals surface area contributed by atoms with E-state index >= 15 is 0 Å². The molecule has 7 nitrogen and oxygen atoms in total. The van der Waals surface area contributed by atoms with Crippen molar-refractivity contribution in [3.8, 4) is 0 Å². The standard InChI is InChI=1S/C13H20N4O3/c1-9(16(3)4)8-15-13(18)10-6-5-7-11(17(19)20)12(10)14-2/h5-7,9,14H,8H2,1-4H3,(H,15,18). The fraction of sp³-hybridized carbons (Fsp3) is 0.462. The van der Waals surface area contributed by atoms with Gasteiger partial charge in [0, 0.05) is 25.7 Å². The molecule has 1 atom stereocenters. The lowest BCUT2D eigenvalue weighted by Gasteiger charge is -2.20. The van der Waals surface area contributed by atoms with E-state index in [0.717, 1.165) is 0 Å². The van der Waals surface area contributed by atoms with Gasteiger partial charge in [-0.25, -0.2) is 0 Å². The predicted octanol–water partition coefficient (Wildman–Crippen LogP) is 1.32. The van der Waals surface area contributed by atoms with Gasteiger partial charge in [0.1, 0.15) is 5.69 Å². The molecular formula is C13H20N4O3. The van der Waals surface area contributed by atoms with Crippen LogP contribution in [0.5, 0.6) is 0 Å². The minimum Gasteiger partial charge on any atom is -0.382 e. The minimum absolute atomic E-state index is 0.110. The first-order valence-corrected chi connectivity index (χ1v) is 6.28. The highest BCUT2D eigenvalue weighted by molar-refractivity contribution is 6.01. The number of likely N-dealkylation sites (N-methyl/N-ethyl adjacent to an activating group) is 1. The molecule has 0 aliphatic rings. The van der Waals surface area contributed by atoms with Gasteiger partial charge in [-0.05, 0) is 27.1 Å². The van der Waals surface area contributed by atoms with Crippen LogP contribution in [0.2, 0.25) is 0 Å². The quantitative estimate of drug-likeness (QED) is 0.606. The molecule has 7 heteroatoms. The van der Waals surface area contributed by atoms with Crippen molar-refractivity contribution in [2.45, 2.75) is 13.0 Å². The Bertz CT molecular complexity index is 502. The molecule has 0 radical (unpaired) electrons. The first kappa shape index (κ1) is 15.9. The smallest absolute Gasteiger partial charge is 0.293 e. The van der Waals surface area contributed by atoms with Crippen LogP contribution < -0.4 is 10.6 Å². The molecule has 0 aliphatic heterocycles. The van der Waals surface area contributed by atoms with E-state index in [2.05, 4.69) is 10.6 Å². The molecule has 20 heavy (non-hydrogen) atoms. The Morgan fingerprint density at radius 2 is 2.10 bits per heavy atom. The second kappa shape index (κ2) is 6.85. The van der Waals surface area contributed by atoms with Crippen LogP contribution in [0.3, 0.4) is 0 Å². The zero-order valence-electron chi connectivity index (χ0n) is 12.1. The first-order chi connectivity index (χ1) is 9.38. The Labute approximate surface area is 118 Å². The van der Waals surface area contributed by atoms with Crippen molar-refractivity contribution in [1.29, 1.82) is 0 Å². The predicted molar refractivity (Wildman–Crippen MR) is 78.1 cm³/mol. The number of nitro groups is 1. The number of hydrogen-bond acceptors (Lipinski definition) is 5. The zero-order chi connectivity index (χ0) is 15.3. The SMILES string of the molecule is CNc1c(C(=O)NCC(C)N(C)C)cccc1[N+](=O)[O-]. The number of hydrogen-bond donors (Lipinski definition) is 2. The van der Waals surface area contributed by atoms with Crippen molar-refractivity contribution >= 4 is 17.3 Å². The molecule has 110 valence electrons. The summed E-state index contributed by atoms with van der Waals surface area (Å²) in [5.74, 6) is -0.327. The van der Waals surface area contributed by atoms with E-state index < -0.39 is 4.92 Å². The molecular weight excluding hydrogens is 260 g/mol. The Kier molecular flexibility index (Phi) is 5.45. The summed E-state index contributed by atoms with van der Waals surface area (Å²) in [7, 11) is 5.40. The summed E-state index contributed by atoms with van der Waals surface area (Å²) in [4.78, 5) is 24.5. The van der Waals surface area contributed by atoms with E-state index in [-0.39, 0.29) is 28.9 Å². The van der Waals surface area contributed by atoms with E-state index in [0.29, 0.717) is 6.54 Å². The van der Waals surface area contributed by atoms with Crippen molar-refractivity contribution in [2.24, 2.45) is 0 Å². The number of nitrogens with zero attached hydrogens (tertiary/aromatic N) is 2. The molecule has 1 amide bonds. The van der Waals surface area contributed by atoms with Gasteiger partial charge in [0.2, 0.25) is 0 Å². The fourth-order valence-electron chi connectivity index (χ4n) is 1.66. The van der Waals surface area contributed by atoms with Gasteiger partial charge in [-0.2, -0.15) is 0 Å². The van der Waals surface area contributed by atoms with Gasteiger partial charge in [-0.3, -0.25) is 14.9 Å². The molecule has 1 rings (SSSR count). The number of rotatable bonds is 6. The molecule has 0 fully saturated rings. The molecule has 0 aromatic heterocycles. The molecule has 0 bridgehead atoms. The number of amides is 1. The fourth-order valence-corrected chi connectivity index (χ4v) is 1.66. The number of nitrogens with one attached hydrogen (secondary N) is 2. The second-order valence-corrected chi connectivity index (χ2v) is 4.73. The van der Waals surface area contributed by atoms with Crippen LogP contribution in [0.1, 0.15) is 17.3 Å². The monoisotopic (exact) mass is 280 g/mol. The number of nitro benzene ring substituents is 1. The number of anilines is 1. The average Bonchev–Trinajstić information content (AvgIpc) is 2.42. The van der Waals surface area contributed by atoms with Crippen LogP contribution in [0.4, 0.5) is 11.4 Å². The highest BCUT2D eigenvalue weighted by Gasteiger charge is 2.20. The molecule has 2 N–H and O–H groups in total. The summed E-state index contributed by atoms with van der Waals surface area (Å²) < 4.78 is 0. The molecule has 1 unspecified atom stereocenters. The van der Waals surface area contributed by atoms with Gasteiger partial charge in [-0.1, -0.05) is 6.07 Å². The Hall–Kier alpha value is -2.15. The van der Waals surface area contributed by atoms with Crippen LogP contribution >= 0.6 is 0 Å². The summed E-state index contributed by atoms with van der Waals surface area (Å²) in [5, 5.41) is 16.4. The zero-order valence-corrected chi connectivity index (χ0v) is 12.1. The highest BCUT2D eigenvalue weighted by Crippen LogP contribution is 2.27. The summed E-state index contributed by atoms with van der Waals surface area (Å²) in [6, 6.07) is 4.61. The number of benzene rings is 1. The van der Waals surface area contributed by atoms with Crippen LogP contribution in [0.25, 0.3) is 0 Å². The lowest BCUT2D eigenvalue weighted by atomic mass is 10.1. The average molecular weight is 280 g/mol. The second-order valence-electron chi connectivity index (χ2n) is 4.73. The molecule has 0 saturated carbocycles. The van der Waals surface area contributed by atoms with Crippen molar-refractivity contribution in [1.82, 2.24) is 10.2 Å². The van der Waals surface area contributed by atoms with Crippen LogP contribution in [0.15, 0.2) is 18.2 Å². The van der Waals surface area contributed by atoms with Crippen molar-refractivity contribution in [3.05, 3.63) is 33.9 Å². The van der Waals surface area contributed by atoms with E-state index in [1.165, 1.54) is 12.1 Å². The summed E-state index contributed by atoms with van der Waals surface area (Å²) in [5.41, 5.74) is 0.390. The first-order valence-electron chi connectivity index (χ1n) is 6.28. The van der Waals surface area contributed by atoms with Gasteiger partial charge in [-0.15, -0.1) is 0 Å². The topological polar surface area (TPSA) is 87.5 Å². The highest BCUT2D eigenvalue weighted by atomic mass is 16.6. The molecule has 0 saturated heterocycles. The maximum Gasteiger partial charge on any atom is 0.293 e. The summed E-state index contributed by atoms with van der Waals surface area (Å²) in [6.07, 6.45) is 0. The van der Waals surface area contributed by atoms with Crippen LogP contribution in [-0.2, 0) is 0 Å². The molecule has 0 heterocycles. The largest absolute Gasteiger partial charge is 0.382 e. The molecule has 0 spiro atoms. The van der Waals surface area contributed by atoms with E-state index in [1.807, 2.05) is 25.9 Å². The number of carbonyl (C=O) groups excluding carboxylic acids is 1. The molecule has 1 aromatic rings. The summed E-state index contributed by atoms with van der Waals surface area (Å²) >= 11 is 0.